The van der Waals surface area contributed by atoms with Crippen LogP contribution < -0.4 is 5.32 Å². The fourth-order valence-corrected chi connectivity index (χ4v) is 3.42. The minimum Gasteiger partial charge on any atom is -0.353 e. The third-order valence-electron chi connectivity index (χ3n) is 5.11. The molecule has 0 bridgehead atoms. The number of rotatable bonds is 10. The Kier molecular flexibility index (Phi) is 8.24. The number of benzene rings is 1. The van der Waals surface area contributed by atoms with Crippen LogP contribution >= 0.6 is 0 Å². The third-order valence-corrected chi connectivity index (χ3v) is 5.11. The van der Waals surface area contributed by atoms with E-state index in [4.69, 9.17) is 0 Å². The van der Waals surface area contributed by atoms with Crippen LogP contribution in [0.15, 0.2) is 43.0 Å². The molecule has 3 atom stereocenters. The first-order valence-electron chi connectivity index (χ1n) is 9.29. The second kappa shape index (κ2) is 9.66. The summed E-state index contributed by atoms with van der Waals surface area (Å²) in [4.78, 5) is 13.1. The van der Waals surface area contributed by atoms with Crippen molar-refractivity contribution < 1.29 is 4.79 Å². The zero-order valence-electron chi connectivity index (χ0n) is 16.1. The summed E-state index contributed by atoms with van der Waals surface area (Å²) in [7, 11) is 0. The molecule has 1 aromatic rings. The van der Waals surface area contributed by atoms with Gasteiger partial charge in [0, 0.05) is 11.5 Å². The standard InChI is InChI=1S/C22H35NO/c1-7-12-18(5)22(6,16-17(3)4)21(24)23-20(8-2)15-19-13-10-9-11-14-19/h7,9-11,13-14,17-18,20H,1,8,12,15-16H2,2-6H3,(H,23,24)/t18?,20-,22-/m1/s1. The van der Waals surface area contributed by atoms with Crippen molar-refractivity contribution in [3.8, 4) is 0 Å². The van der Waals surface area contributed by atoms with Gasteiger partial charge in [-0.1, -0.05) is 71.0 Å². The Hall–Kier alpha value is -1.57. The smallest absolute Gasteiger partial charge is 0.226 e. The highest BCUT2D eigenvalue weighted by Crippen LogP contribution is 2.37. The topological polar surface area (TPSA) is 29.1 Å². The molecule has 134 valence electrons. The van der Waals surface area contributed by atoms with Gasteiger partial charge in [-0.3, -0.25) is 4.79 Å². The summed E-state index contributed by atoms with van der Waals surface area (Å²) in [6, 6.07) is 10.6. The summed E-state index contributed by atoms with van der Waals surface area (Å²) < 4.78 is 0. The quantitative estimate of drug-likeness (QED) is 0.573. The molecule has 0 heterocycles. The molecule has 1 N–H and O–H groups in total. The van der Waals surface area contributed by atoms with Gasteiger partial charge < -0.3 is 5.32 Å². The lowest BCUT2D eigenvalue weighted by Crippen LogP contribution is -2.48. The van der Waals surface area contributed by atoms with Gasteiger partial charge in [0.25, 0.3) is 0 Å². The molecule has 0 aliphatic rings. The van der Waals surface area contributed by atoms with Gasteiger partial charge in [-0.15, -0.1) is 6.58 Å². The van der Waals surface area contributed by atoms with E-state index in [1.54, 1.807) is 0 Å². The van der Waals surface area contributed by atoms with Crippen LogP contribution in [0.2, 0.25) is 0 Å². The molecule has 1 unspecified atom stereocenters. The van der Waals surface area contributed by atoms with Crippen molar-refractivity contribution in [3.05, 3.63) is 48.6 Å². The van der Waals surface area contributed by atoms with E-state index in [9.17, 15) is 4.79 Å². The van der Waals surface area contributed by atoms with Gasteiger partial charge in [-0.2, -0.15) is 0 Å². The average molecular weight is 330 g/mol. The van der Waals surface area contributed by atoms with E-state index in [0.29, 0.717) is 5.92 Å². The Morgan fingerprint density at radius 1 is 1.25 bits per heavy atom. The molecule has 0 saturated heterocycles. The summed E-state index contributed by atoms with van der Waals surface area (Å²) in [5, 5.41) is 3.33. The van der Waals surface area contributed by atoms with Crippen LogP contribution in [0.5, 0.6) is 0 Å². The molecule has 1 aromatic carbocycles. The number of carbonyl (C=O) groups is 1. The van der Waals surface area contributed by atoms with Gasteiger partial charge in [-0.05, 0) is 43.1 Å². The molecule has 24 heavy (non-hydrogen) atoms. The number of hydrogen-bond donors (Lipinski definition) is 1. The second-order valence-electron chi connectivity index (χ2n) is 7.71. The van der Waals surface area contributed by atoms with Crippen molar-refractivity contribution in [3.63, 3.8) is 0 Å². The maximum Gasteiger partial charge on any atom is 0.226 e. The Bertz CT molecular complexity index is 508. The van der Waals surface area contributed by atoms with Crippen molar-refractivity contribution in [2.75, 3.05) is 0 Å². The van der Waals surface area contributed by atoms with Crippen molar-refractivity contribution in [1.82, 2.24) is 5.32 Å². The van der Waals surface area contributed by atoms with Crippen LogP contribution in [0.1, 0.15) is 59.4 Å². The highest BCUT2D eigenvalue weighted by molar-refractivity contribution is 5.82. The Labute approximate surface area is 148 Å². The van der Waals surface area contributed by atoms with E-state index in [1.165, 1.54) is 5.56 Å². The van der Waals surface area contributed by atoms with Crippen LogP contribution in [-0.4, -0.2) is 11.9 Å². The van der Waals surface area contributed by atoms with Crippen molar-refractivity contribution >= 4 is 5.91 Å². The molecule has 1 amide bonds. The maximum absolute atomic E-state index is 13.1. The van der Waals surface area contributed by atoms with Crippen LogP contribution in [0.25, 0.3) is 0 Å². The first kappa shape index (κ1) is 20.5. The van der Waals surface area contributed by atoms with E-state index in [-0.39, 0.29) is 23.3 Å². The van der Waals surface area contributed by atoms with Crippen LogP contribution in [0.4, 0.5) is 0 Å². The van der Waals surface area contributed by atoms with E-state index in [0.717, 1.165) is 25.7 Å². The van der Waals surface area contributed by atoms with Gasteiger partial charge in [0.05, 0.1) is 0 Å². The van der Waals surface area contributed by atoms with Crippen LogP contribution in [0, 0.1) is 17.3 Å². The predicted molar refractivity (Wildman–Crippen MR) is 104 cm³/mol. The molecule has 0 aliphatic carbocycles. The van der Waals surface area contributed by atoms with E-state index in [1.807, 2.05) is 12.1 Å². The molecule has 0 fully saturated rings. The maximum atomic E-state index is 13.1. The number of amides is 1. The SMILES string of the molecule is C=CCC(C)[C@@](C)(CC(C)C)C(=O)N[C@H](CC)Cc1ccccc1. The van der Waals surface area contributed by atoms with Gasteiger partial charge in [0.15, 0.2) is 0 Å². The molecular formula is C22H35NO. The molecule has 1 rings (SSSR count). The van der Waals surface area contributed by atoms with Gasteiger partial charge >= 0.3 is 0 Å². The summed E-state index contributed by atoms with van der Waals surface area (Å²) in [6.45, 7) is 14.7. The minimum atomic E-state index is -0.355. The summed E-state index contributed by atoms with van der Waals surface area (Å²) in [5.41, 5.74) is 0.918. The average Bonchev–Trinajstić information content (AvgIpc) is 2.54. The van der Waals surface area contributed by atoms with Crippen molar-refractivity contribution in [1.29, 1.82) is 0 Å². The molecule has 0 spiro atoms. The Morgan fingerprint density at radius 2 is 1.88 bits per heavy atom. The first-order chi connectivity index (χ1) is 11.3. The highest BCUT2D eigenvalue weighted by atomic mass is 16.2. The van der Waals surface area contributed by atoms with E-state index < -0.39 is 0 Å². The molecular weight excluding hydrogens is 294 g/mol. The lowest BCUT2D eigenvalue weighted by Gasteiger charge is -2.37. The molecule has 2 heteroatoms. The number of hydrogen-bond acceptors (Lipinski definition) is 1. The van der Waals surface area contributed by atoms with Gasteiger partial charge in [-0.25, -0.2) is 0 Å². The van der Waals surface area contributed by atoms with Crippen LogP contribution in [-0.2, 0) is 11.2 Å². The number of nitrogens with one attached hydrogen (secondary N) is 1. The summed E-state index contributed by atoms with van der Waals surface area (Å²) in [5.74, 6) is 0.960. The lowest BCUT2D eigenvalue weighted by atomic mass is 9.70. The fraction of sp³-hybridized carbons (Fsp3) is 0.591. The molecule has 2 nitrogen and oxygen atoms in total. The summed E-state index contributed by atoms with van der Waals surface area (Å²) in [6.07, 6.45) is 5.52. The zero-order valence-corrected chi connectivity index (χ0v) is 16.1. The lowest BCUT2D eigenvalue weighted by molar-refractivity contribution is -0.134. The molecule has 0 aromatic heterocycles. The largest absolute Gasteiger partial charge is 0.353 e. The normalized spacial score (nSPS) is 16.2. The minimum absolute atomic E-state index is 0.183. The molecule has 0 aliphatic heterocycles. The Morgan fingerprint density at radius 3 is 2.38 bits per heavy atom. The zero-order chi connectivity index (χ0) is 18.2. The molecule has 0 saturated carbocycles. The van der Waals surface area contributed by atoms with Crippen molar-refractivity contribution in [2.24, 2.45) is 17.3 Å². The van der Waals surface area contributed by atoms with Crippen molar-refractivity contribution in [2.45, 2.75) is 66.3 Å². The highest BCUT2D eigenvalue weighted by Gasteiger charge is 2.39. The molecule has 0 radical (unpaired) electrons. The Balaban J connectivity index is 2.86. The van der Waals surface area contributed by atoms with E-state index >= 15 is 0 Å². The fourth-order valence-electron chi connectivity index (χ4n) is 3.42. The first-order valence-corrected chi connectivity index (χ1v) is 9.29. The summed E-state index contributed by atoms with van der Waals surface area (Å²) >= 11 is 0. The third kappa shape index (κ3) is 5.81. The predicted octanol–water partition coefficient (Wildman–Crippen LogP) is 5.39. The van der Waals surface area contributed by atoms with Gasteiger partial charge in [0.2, 0.25) is 5.91 Å². The number of carbonyl (C=O) groups excluding carboxylic acids is 1. The second-order valence-corrected chi connectivity index (χ2v) is 7.71. The monoisotopic (exact) mass is 329 g/mol. The number of allylic oxidation sites excluding steroid dienone is 1. The van der Waals surface area contributed by atoms with Gasteiger partial charge in [0.1, 0.15) is 0 Å². The van der Waals surface area contributed by atoms with Crippen LogP contribution in [0.3, 0.4) is 0 Å². The van der Waals surface area contributed by atoms with E-state index in [2.05, 4.69) is 70.8 Å².